The van der Waals surface area contributed by atoms with Crippen molar-refractivity contribution in [2.24, 2.45) is 11.1 Å². The van der Waals surface area contributed by atoms with E-state index in [1.807, 2.05) is 27.7 Å². The molecule has 0 aromatic heterocycles. The lowest BCUT2D eigenvalue weighted by Gasteiger charge is -2.38. The molecule has 0 amide bonds. The van der Waals surface area contributed by atoms with E-state index < -0.39 is 5.41 Å². The number of carbonyl (C=O) groups is 1. The highest BCUT2D eigenvalue weighted by Gasteiger charge is 2.29. The average molecular weight is 348 g/mol. The van der Waals surface area contributed by atoms with Gasteiger partial charge in [0.15, 0.2) is 0 Å². The Hall–Kier alpha value is -1.43. The molecule has 0 radical (unpaired) electrons. The standard InChI is InChI=1S/C20H33N3O2/c1-6-18(17-9-7-16(8-10-17)15(2)21)22-11-13-23(14-12-22)25-19(24)20(3,4)5/h7-10,15,18H,6,11-14,21H2,1-5H3/t15-,18?/m0/s1. The van der Waals surface area contributed by atoms with Gasteiger partial charge < -0.3 is 10.6 Å². The molecule has 0 spiro atoms. The van der Waals surface area contributed by atoms with E-state index in [4.69, 9.17) is 10.6 Å². The number of nitrogens with two attached hydrogens (primary N) is 1. The molecule has 25 heavy (non-hydrogen) atoms. The number of carbonyl (C=O) groups excluding carboxylic acids is 1. The molecule has 1 aliphatic rings. The summed E-state index contributed by atoms with van der Waals surface area (Å²) in [6.07, 6.45) is 1.05. The first-order valence-corrected chi connectivity index (χ1v) is 9.29. The van der Waals surface area contributed by atoms with Gasteiger partial charge in [0.1, 0.15) is 0 Å². The predicted molar refractivity (Wildman–Crippen MR) is 101 cm³/mol. The van der Waals surface area contributed by atoms with Crippen LogP contribution >= 0.6 is 0 Å². The molecular weight excluding hydrogens is 314 g/mol. The average Bonchev–Trinajstić information content (AvgIpc) is 2.56. The molecule has 1 unspecified atom stereocenters. The van der Waals surface area contributed by atoms with Gasteiger partial charge in [0.05, 0.1) is 5.41 Å². The van der Waals surface area contributed by atoms with Crippen LogP contribution in [0.15, 0.2) is 24.3 Å². The first-order chi connectivity index (χ1) is 11.7. The molecule has 5 nitrogen and oxygen atoms in total. The highest BCUT2D eigenvalue weighted by molar-refractivity contribution is 5.75. The molecule has 1 fully saturated rings. The first kappa shape index (κ1) is 19.9. The normalized spacial score (nSPS) is 19.4. The summed E-state index contributed by atoms with van der Waals surface area (Å²) in [4.78, 5) is 20.0. The topological polar surface area (TPSA) is 58.8 Å². The fourth-order valence-electron chi connectivity index (χ4n) is 3.09. The van der Waals surface area contributed by atoms with Crippen LogP contribution in [0.5, 0.6) is 0 Å². The first-order valence-electron chi connectivity index (χ1n) is 9.29. The molecule has 2 rings (SSSR count). The van der Waals surface area contributed by atoms with Gasteiger partial charge in [-0.15, -0.1) is 5.06 Å². The second kappa shape index (κ2) is 8.30. The summed E-state index contributed by atoms with van der Waals surface area (Å²) in [5.74, 6) is -0.167. The zero-order chi connectivity index (χ0) is 18.6. The maximum absolute atomic E-state index is 12.0. The Bertz CT molecular complexity index is 555. The van der Waals surface area contributed by atoms with E-state index in [-0.39, 0.29) is 12.0 Å². The molecule has 2 N–H and O–H groups in total. The highest BCUT2D eigenvalue weighted by Crippen LogP contribution is 2.27. The van der Waals surface area contributed by atoms with Gasteiger partial charge in [0.2, 0.25) is 0 Å². The number of benzene rings is 1. The maximum Gasteiger partial charge on any atom is 0.330 e. The Labute approximate surface area is 152 Å². The number of nitrogens with zero attached hydrogens (tertiary/aromatic N) is 2. The van der Waals surface area contributed by atoms with Gasteiger partial charge in [-0.1, -0.05) is 31.2 Å². The van der Waals surface area contributed by atoms with E-state index in [0.29, 0.717) is 6.04 Å². The Morgan fingerprint density at radius 2 is 1.64 bits per heavy atom. The number of hydrogen-bond acceptors (Lipinski definition) is 5. The quantitative estimate of drug-likeness (QED) is 0.886. The van der Waals surface area contributed by atoms with Crippen LogP contribution in [0.3, 0.4) is 0 Å². The second-order valence-corrected chi connectivity index (χ2v) is 7.97. The minimum atomic E-state index is -0.467. The van der Waals surface area contributed by atoms with Crippen molar-refractivity contribution in [2.45, 2.75) is 53.1 Å². The van der Waals surface area contributed by atoms with E-state index in [0.717, 1.165) is 38.2 Å². The molecule has 2 atom stereocenters. The van der Waals surface area contributed by atoms with Crippen molar-refractivity contribution in [3.63, 3.8) is 0 Å². The molecule has 1 aromatic rings. The van der Waals surface area contributed by atoms with E-state index in [2.05, 4.69) is 36.1 Å². The van der Waals surface area contributed by atoms with Crippen molar-refractivity contribution in [2.75, 3.05) is 26.2 Å². The fourth-order valence-corrected chi connectivity index (χ4v) is 3.09. The Balaban J connectivity index is 1.94. The Kier molecular flexibility index (Phi) is 6.60. The molecule has 1 heterocycles. The third kappa shape index (κ3) is 5.27. The smallest absolute Gasteiger partial charge is 0.330 e. The molecular formula is C20H33N3O2. The lowest BCUT2D eigenvalue weighted by atomic mass is 9.98. The van der Waals surface area contributed by atoms with Crippen LogP contribution in [-0.2, 0) is 9.63 Å². The monoisotopic (exact) mass is 347 g/mol. The van der Waals surface area contributed by atoms with Crippen LogP contribution in [-0.4, -0.2) is 42.1 Å². The van der Waals surface area contributed by atoms with Gasteiger partial charge in [-0.3, -0.25) is 4.90 Å². The second-order valence-electron chi connectivity index (χ2n) is 7.97. The van der Waals surface area contributed by atoms with Gasteiger partial charge in [0, 0.05) is 38.3 Å². The predicted octanol–water partition coefficient (Wildman–Crippen LogP) is 3.28. The minimum Gasteiger partial charge on any atom is -0.367 e. The summed E-state index contributed by atoms with van der Waals surface area (Å²) in [6.45, 7) is 13.1. The molecule has 1 saturated heterocycles. The number of hydroxylamine groups is 2. The SMILES string of the molecule is CCC(c1ccc([C@H](C)N)cc1)N1CCN(OC(=O)C(C)(C)C)CC1. The minimum absolute atomic E-state index is 0.0650. The summed E-state index contributed by atoms with van der Waals surface area (Å²) in [7, 11) is 0. The van der Waals surface area contributed by atoms with Crippen LogP contribution in [0.1, 0.15) is 64.3 Å². The fraction of sp³-hybridized carbons (Fsp3) is 0.650. The molecule has 140 valence electrons. The van der Waals surface area contributed by atoms with Crippen molar-refractivity contribution in [3.8, 4) is 0 Å². The maximum atomic E-state index is 12.0. The van der Waals surface area contributed by atoms with Gasteiger partial charge >= 0.3 is 5.97 Å². The number of rotatable bonds is 5. The molecule has 5 heteroatoms. The van der Waals surface area contributed by atoms with E-state index in [1.54, 1.807) is 5.06 Å². The van der Waals surface area contributed by atoms with Crippen LogP contribution in [0.2, 0.25) is 0 Å². The molecule has 0 aliphatic carbocycles. The van der Waals surface area contributed by atoms with Crippen molar-refractivity contribution < 1.29 is 9.63 Å². The van der Waals surface area contributed by atoms with Gasteiger partial charge in [0.25, 0.3) is 0 Å². The molecule has 1 aromatic carbocycles. The van der Waals surface area contributed by atoms with E-state index in [1.165, 1.54) is 5.56 Å². The third-order valence-electron chi connectivity index (χ3n) is 4.77. The van der Waals surface area contributed by atoms with Gasteiger partial charge in [-0.05, 0) is 45.2 Å². The number of piperazine rings is 1. The molecule has 0 saturated carbocycles. The Morgan fingerprint density at radius 3 is 2.08 bits per heavy atom. The van der Waals surface area contributed by atoms with E-state index >= 15 is 0 Å². The van der Waals surface area contributed by atoms with Crippen molar-refractivity contribution in [1.82, 2.24) is 9.96 Å². The lowest BCUT2D eigenvalue weighted by Crippen LogP contribution is -2.48. The summed E-state index contributed by atoms with van der Waals surface area (Å²) in [6, 6.07) is 9.10. The van der Waals surface area contributed by atoms with Gasteiger partial charge in [-0.25, -0.2) is 4.79 Å². The zero-order valence-corrected chi connectivity index (χ0v) is 16.3. The largest absolute Gasteiger partial charge is 0.367 e. The van der Waals surface area contributed by atoms with Crippen molar-refractivity contribution in [3.05, 3.63) is 35.4 Å². The molecule has 0 bridgehead atoms. The van der Waals surface area contributed by atoms with E-state index in [9.17, 15) is 4.79 Å². The lowest BCUT2D eigenvalue weighted by molar-refractivity contribution is -0.208. The zero-order valence-electron chi connectivity index (χ0n) is 16.3. The third-order valence-corrected chi connectivity index (χ3v) is 4.77. The Morgan fingerprint density at radius 1 is 1.12 bits per heavy atom. The van der Waals surface area contributed by atoms with Crippen LogP contribution in [0, 0.1) is 5.41 Å². The number of hydrogen-bond donors (Lipinski definition) is 1. The van der Waals surface area contributed by atoms with Crippen molar-refractivity contribution in [1.29, 1.82) is 0 Å². The highest BCUT2D eigenvalue weighted by atomic mass is 16.7. The molecule has 1 aliphatic heterocycles. The van der Waals surface area contributed by atoms with Crippen LogP contribution < -0.4 is 5.73 Å². The van der Waals surface area contributed by atoms with Crippen LogP contribution in [0.4, 0.5) is 0 Å². The van der Waals surface area contributed by atoms with Crippen molar-refractivity contribution >= 4 is 5.97 Å². The summed E-state index contributed by atoms with van der Waals surface area (Å²) in [5.41, 5.74) is 7.97. The van der Waals surface area contributed by atoms with Crippen LogP contribution in [0.25, 0.3) is 0 Å². The van der Waals surface area contributed by atoms with Gasteiger partial charge in [-0.2, -0.15) is 0 Å². The summed E-state index contributed by atoms with van der Waals surface area (Å²) in [5, 5.41) is 1.80. The summed E-state index contributed by atoms with van der Waals surface area (Å²) < 4.78 is 0. The summed E-state index contributed by atoms with van der Waals surface area (Å²) >= 11 is 0.